The van der Waals surface area contributed by atoms with E-state index in [0.29, 0.717) is 12.1 Å². The molecule has 5 nitrogen and oxygen atoms in total. The lowest BCUT2D eigenvalue weighted by Crippen LogP contribution is -2.30. The molecule has 0 radical (unpaired) electrons. The number of hydrogen-bond donors (Lipinski definition) is 2. The second-order valence-corrected chi connectivity index (χ2v) is 4.66. The number of carbonyl (C=O) groups is 1. The molecule has 6 heteroatoms. The predicted molar refractivity (Wildman–Crippen MR) is 76.9 cm³/mol. The fourth-order valence-corrected chi connectivity index (χ4v) is 2.21. The number of nitrogens with zero attached hydrogens (tertiary/aromatic N) is 2. The summed E-state index contributed by atoms with van der Waals surface area (Å²) in [5, 5.41) is 0.968. The number of carbonyl (C=O) groups excluding carboxylic acids is 1. The molecule has 0 aliphatic heterocycles. The first-order chi connectivity index (χ1) is 10.2. The van der Waals surface area contributed by atoms with Gasteiger partial charge in [-0.15, -0.1) is 0 Å². The van der Waals surface area contributed by atoms with Gasteiger partial charge in [0.05, 0.1) is 23.3 Å². The van der Waals surface area contributed by atoms with Crippen molar-refractivity contribution in [1.29, 1.82) is 0 Å². The van der Waals surface area contributed by atoms with Gasteiger partial charge >= 0.3 is 0 Å². The molecule has 0 aliphatic rings. The van der Waals surface area contributed by atoms with E-state index in [4.69, 9.17) is 5.84 Å². The summed E-state index contributed by atoms with van der Waals surface area (Å²) in [6.45, 7) is 0.497. The van der Waals surface area contributed by atoms with Crippen LogP contribution in [0.15, 0.2) is 48.8 Å². The quantitative estimate of drug-likeness (QED) is 0.438. The van der Waals surface area contributed by atoms with Crippen LogP contribution in [0.5, 0.6) is 0 Å². The molecule has 106 valence electrons. The van der Waals surface area contributed by atoms with Gasteiger partial charge in [0.25, 0.3) is 5.91 Å². The first-order valence-electron chi connectivity index (χ1n) is 6.37. The van der Waals surface area contributed by atoms with Crippen LogP contribution < -0.4 is 11.3 Å². The van der Waals surface area contributed by atoms with E-state index in [1.54, 1.807) is 18.2 Å². The second-order valence-electron chi connectivity index (χ2n) is 4.66. The molecule has 0 atom stereocenters. The van der Waals surface area contributed by atoms with Crippen molar-refractivity contribution in [1.82, 2.24) is 15.0 Å². The highest BCUT2D eigenvalue weighted by molar-refractivity contribution is 5.93. The zero-order valence-electron chi connectivity index (χ0n) is 11.1. The zero-order chi connectivity index (χ0) is 14.8. The van der Waals surface area contributed by atoms with Crippen LogP contribution in [0.3, 0.4) is 0 Å². The van der Waals surface area contributed by atoms with Gasteiger partial charge in [0.2, 0.25) is 0 Å². The van der Waals surface area contributed by atoms with Crippen molar-refractivity contribution < 1.29 is 9.18 Å². The molecular formula is C15H13FN4O. The summed E-state index contributed by atoms with van der Waals surface area (Å²) in [7, 11) is 0. The van der Waals surface area contributed by atoms with Crippen molar-refractivity contribution in [3.63, 3.8) is 0 Å². The largest absolute Gasteiger partial charge is 0.341 e. The Morgan fingerprint density at radius 1 is 1.29 bits per heavy atom. The summed E-state index contributed by atoms with van der Waals surface area (Å²) in [6, 6.07) is 9.98. The summed E-state index contributed by atoms with van der Waals surface area (Å²) < 4.78 is 15.2. The van der Waals surface area contributed by atoms with Crippen molar-refractivity contribution in [3.8, 4) is 0 Å². The van der Waals surface area contributed by atoms with E-state index in [1.807, 2.05) is 16.8 Å². The second kappa shape index (κ2) is 5.34. The standard InChI is InChI=1S/C15H13FN4O/c16-12-3-1-10-5-6-20(14(10)7-12)9-13-4-2-11(8-18-13)15(21)19-17/h1-8H,9,17H2,(H,19,21). The van der Waals surface area contributed by atoms with Crippen LogP contribution in [0, 0.1) is 5.82 Å². The topological polar surface area (TPSA) is 72.9 Å². The maximum Gasteiger partial charge on any atom is 0.266 e. The monoisotopic (exact) mass is 284 g/mol. The molecule has 1 aromatic carbocycles. The van der Waals surface area contributed by atoms with E-state index in [9.17, 15) is 9.18 Å². The van der Waals surface area contributed by atoms with Crippen molar-refractivity contribution in [2.24, 2.45) is 5.84 Å². The van der Waals surface area contributed by atoms with E-state index in [-0.39, 0.29) is 11.7 Å². The number of nitrogens with two attached hydrogens (primary N) is 1. The number of nitrogen functional groups attached to an aromatic ring is 1. The van der Waals surface area contributed by atoms with Crippen molar-refractivity contribution in [3.05, 3.63) is 65.9 Å². The zero-order valence-corrected chi connectivity index (χ0v) is 11.1. The molecule has 0 aliphatic carbocycles. The first-order valence-corrected chi connectivity index (χ1v) is 6.37. The van der Waals surface area contributed by atoms with E-state index >= 15 is 0 Å². The summed E-state index contributed by atoms with van der Waals surface area (Å²) in [4.78, 5) is 15.6. The Hall–Kier alpha value is -2.73. The molecule has 0 unspecified atom stereocenters. The third-order valence-corrected chi connectivity index (χ3v) is 3.29. The van der Waals surface area contributed by atoms with Crippen LogP contribution in [0.4, 0.5) is 4.39 Å². The molecule has 1 amide bonds. The van der Waals surface area contributed by atoms with Gasteiger partial charge in [0.15, 0.2) is 0 Å². The predicted octanol–water partition coefficient (Wildman–Crippen LogP) is 1.83. The van der Waals surface area contributed by atoms with Crippen LogP contribution in [0.1, 0.15) is 16.1 Å². The minimum absolute atomic E-state index is 0.273. The van der Waals surface area contributed by atoms with Crippen molar-refractivity contribution in [2.75, 3.05) is 0 Å². The van der Waals surface area contributed by atoms with E-state index in [2.05, 4.69) is 10.4 Å². The number of hydrazine groups is 1. The highest BCUT2D eigenvalue weighted by Gasteiger charge is 2.06. The van der Waals surface area contributed by atoms with Crippen molar-refractivity contribution >= 4 is 16.8 Å². The Balaban J connectivity index is 1.88. The number of halogens is 1. The number of hydrogen-bond acceptors (Lipinski definition) is 3. The van der Waals surface area contributed by atoms with E-state index < -0.39 is 0 Å². The van der Waals surface area contributed by atoms with Gasteiger partial charge < -0.3 is 4.57 Å². The summed E-state index contributed by atoms with van der Waals surface area (Å²) in [5.41, 5.74) is 4.02. The lowest BCUT2D eigenvalue weighted by Gasteiger charge is -2.06. The van der Waals surface area contributed by atoms with Gasteiger partial charge in [-0.1, -0.05) is 0 Å². The summed E-state index contributed by atoms with van der Waals surface area (Å²) >= 11 is 0. The number of amides is 1. The first kappa shape index (κ1) is 13.3. The molecular weight excluding hydrogens is 271 g/mol. The van der Waals surface area contributed by atoms with Gasteiger partial charge in [-0.25, -0.2) is 10.2 Å². The molecule has 3 rings (SSSR count). The number of pyridine rings is 1. The highest BCUT2D eigenvalue weighted by Crippen LogP contribution is 2.18. The average molecular weight is 284 g/mol. The Kier molecular flexibility index (Phi) is 3.37. The Labute approximate surface area is 120 Å². The van der Waals surface area contributed by atoms with Crippen LogP contribution in [-0.2, 0) is 6.54 Å². The maximum absolute atomic E-state index is 13.3. The summed E-state index contributed by atoms with van der Waals surface area (Å²) in [6.07, 6.45) is 3.34. The van der Waals surface area contributed by atoms with Gasteiger partial charge in [-0.2, -0.15) is 0 Å². The third-order valence-electron chi connectivity index (χ3n) is 3.29. The smallest absolute Gasteiger partial charge is 0.266 e. The normalized spacial score (nSPS) is 10.8. The van der Waals surface area contributed by atoms with Crippen LogP contribution in [-0.4, -0.2) is 15.5 Å². The van der Waals surface area contributed by atoms with Crippen LogP contribution in [0.2, 0.25) is 0 Å². The summed E-state index contributed by atoms with van der Waals surface area (Å²) in [5.74, 6) is 4.40. The number of aromatic nitrogens is 2. The Morgan fingerprint density at radius 2 is 2.14 bits per heavy atom. The van der Waals surface area contributed by atoms with Gasteiger partial charge in [0, 0.05) is 12.4 Å². The molecule has 0 saturated heterocycles. The average Bonchev–Trinajstić information content (AvgIpc) is 2.89. The van der Waals surface area contributed by atoms with Gasteiger partial charge in [-0.05, 0) is 41.8 Å². The Morgan fingerprint density at radius 3 is 2.86 bits per heavy atom. The molecule has 21 heavy (non-hydrogen) atoms. The SMILES string of the molecule is NNC(=O)c1ccc(Cn2ccc3ccc(F)cc32)nc1. The minimum atomic E-state index is -0.387. The van der Waals surface area contributed by atoms with Crippen LogP contribution in [0.25, 0.3) is 10.9 Å². The molecule has 0 saturated carbocycles. The fraction of sp³-hybridized carbons (Fsp3) is 0.0667. The van der Waals surface area contributed by atoms with Gasteiger partial charge in [0.1, 0.15) is 5.82 Å². The third kappa shape index (κ3) is 2.61. The number of nitrogens with one attached hydrogen (secondary N) is 1. The molecule has 2 aromatic heterocycles. The molecule has 3 aromatic rings. The molecule has 3 N–H and O–H groups in total. The number of fused-ring (bicyclic) bond motifs is 1. The lowest BCUT2D eigenvalue weighted by atomic mass is 10.2. The molecule has 0 spiro atoms. The molecule has 0 fully saturated rings. The maximum atomic E-state index is 13.3. The van der Waals surface area contributed by atoms with Crippen molar-refractivity contribution in [2.45, 2.75) is 6.54 Å². The lowest BCUT2D eigenvalue weighted by molar-refractivity contribution is 0.0953. The Bertz CT molecular complexity index is 795. The van der Waals surface area contributed by atoms with Gasteiger partial charge in [-0.3, -0.25) is 15.2 Å². The number of rotatable bonds is 3. The highest BCUT2D eigenvalue weighted by atomic mass is 19.1. The van der Waals surface area contributed by atoms with E-state index in [0.717, 1.165) is 16.6 Å². The number of benzene rings is 1. The van der Waals surface area contributed by atoms with E-state index in [1.165, 1.54) is 18.3 Å². The molecule has 0 bridgehead atoms. The minimum Gasteiger partial charge on any atom is -0.341 e. The fourth-order valence-electron chi connectivity index (χ4n) is 2.21. The molecule has 2 heterocycles. The van der Waals surface area contributed by atoms with Crippen LogP contribution >= 0.6 is 0 Å².